The van der Waals surface area contributed by atoms with Crippen molar-refractivity contribution in [3.05, 3.63) is 0 Å². The van der Waals surface area contributed by atoms with E-state index in [-0.39, 0.29) is 25.7 Å². The molecule has 0 amide bonds. The van der Waals surface area contributed by atoms with Gasteiger partial charge in [0.1, 0.15) is 19.3 Å². The van der Waals surface area contributed by atoms with Crippen molar-refractivity contribution < 1.29 is 80.2 Å². The summed E-state index contributed by atoms with van der Waals surface area (Å²) < 4.78 is 68.8. The number of aliphatic hydroxyl groups excluding tert-OH is 1. The highest BCUT2D eigenvalue weighted by molar-refractivity contribution is 7.47. The van der Waals surface area contributed by atoms with Gasteiger partial charge in [-0.1, -0.05) is 419 Å². The molecule has 0 saturated carbocycles. The largest absolute Gasteiger partial charge is 0.472 e. The molecule has 0 radical (unpaired) electrons. The Morgan fingerprint density at radius 3 is 0.562 bits per heavy atom. The van der Waals surface area contributed by atoms with Crippen LogP contribution in [0.1, 0.15) is 471 Å². The number of esters is 4. The van der Waals surface area contributed by atoms with Gasteiger partial charge in [0.25, 0.3) is 0 Å². The average Bonchev–Trinajstić information content (AvgIpc) is 0.912. The molecule has 0 aliphatic heterocycles. The molecule has 2 unspecified atom stereocenters. The van der Waals surface area contributed by atoms with Gasteiger partial charge in [-0.25, -0.2) is 9.13 Å². The number of aliphatic hydroxyl groups is 1. The maximum Gasteiger partial charge on any atom is 0.472 e. The molecule has 0 aliphatic carbocycles. The van der Waals surface area contributed by atoms with E-state index in [4.69, 9.17) is 37.0 Å². The van der Waals surface area contributed by atoms with E-state index in [1.165, 1.54) is 302 Å². The third kappa shape index (κ3) is 79.9. The van der Waals surface area contributed by atoms with Gasteiger partial charge in [-0.2, -0.15) is 0 Å². The molecule has 5 atom stereocenters. The Balaban J connectivity index is 5.17. The fraction of sp³-hybridized carbons (Fsp3) is 0.953. The summed E-state index contributed by atoms with van der Waals surface area (Å²) in [6.07, 6.45) is 75.2. The van der Waals surface area contributed by atoms with Crippen molar-refractivity contribution in [2.75, 3.05) is 39.6 Å². The van der Waals surface area contributed by atoms with Crippen LogP contribution in [-0.2, 0) is 65.4 Å². The Bertz CT molecular complexity index is 1980. The van der Waals surface area contributed by atoms with Gasteiger partial charge in [-0.15, -0.1) is 0 Å². The van der Waals surface area contributed by atoms with Gasteiger partial charge in [-0.3, -0.25) is 37.3 Å². The highest BCUT2D eigenvalue weighted by Crippen LogP contribution is 2.45. The lowest BCUT2D eigenvalue weighted by atomic mass is 10.0. The Morgan fingerprint density at radius 1 is 0.229 bits per heavy atom. The second kappa shape index (κ2) is 80.1. The van der Waals surface area contributed by atoms with E-state index in [9.17, 15) is 43.2 Å². The number of carbonyl (C=O) groups is 4. The van der Waals surface area contributed by atoms with Gasteiger partial charge in [0, 0.05) is 25.7 Å². The molecule has 0 rings (SSSR count). The zero-order chi connectivity index (χ0) is 76.7. The number of carbonyl (C=O) groups excluding carboxylic acids is 4. The maximum atomic E-state index is 13.1. The van der Waals surface area contributed by atoms with Gasteiger partial charge >= 0.3 is 39.5 Å². The Morgan fingerprint density at radius 2 is 0.381 bits per heavy atom. The lowest BCUT2D eigenvalue weighted by Gasteiger charge is -2.21. The molecule has 0 bridgehead atoms. The SMILES string of the molecule is CCCCCCCCCCCCCCCCCCCCCCCCC(=O)O[C@H](COC(=O)CCCCCCCCCCCCCCCCCCCCC)COP(=O)(O)OC[C@@H](O)COP(=O)(O)OC[C@@H](COC(=O)CCCCCCCCCC)OC(=O)CCCCCCCCCCCCCCCCCC. The number of hydrogen-bond donors (Lipinski definition) is 3. The summed E-state index contributed by atoms with van der Waals surface area (Å²) in [5.41, 5.74) is 0. The first-order valence-electron chi connectivity index (χ1n) is 44.8. The normalized spacial score (nSPS) is 13.7. The van der Waals surface area contributed by atoms with Crippen LogP contribution in [0.25, 0.3) is 0 Å². The zero-order valence-electron chi connectivity index (χ0n) is 68.7. The van der Waals surface area contributed by atoms with E-state index in [0.717, 1.165) is 89.9 Å². The molecule has 0 aliphatic rings. The zero-order valence-corrected chi connectivity index (χ0v) is 70.5. The lowest BCUT2D eigenvalue weighted by molar-refractivity contribution is -0.161. The van der Waals surface area contributed by atoms with E-state index < -0.39 is 97.5 Å². The van der Waals surface area contributed by atoms with Gasteiger partial charge in [0.05, 0.1) is 26.4 Å². The van der Waals surface area contributed by atoms with Crippen molar-refractivity contribution in [2.24, 2.45) is 0 Å². The van der Waals surface area contributed by atoms with Crippen molar-refractivity contribution in [3.8, 4) is 0 Å². The van der Waals surface area contributed by atoms with Crippen LogP contribution < -0.4 is 0 Å². The Labute approximate surface area is 645 Å². The molecule has 0 spiro atoms. The highest BCUT2D eigenvalue weighted by Gasteiger charge is 2.30. The van der Waals surface area contributed by atoms with Gasteiger partial charge in [0.15, 0.2) is 12.2 Å². The number of rotatable bonds is 87. The predicted octanol–water partition coefficient (Wildman–Crippen LogP) is 26.5. The number of phosphoric ester groups is 2. The maximum absolute atomic E-state index is 13.1. The third-order valence-corrected chi connectivity index (χ3v) is 22.3. The summed E-state index contributed by atoms with van der Waals surface area (Å²) in [4.78, 5) is 73.1. The summed E-state index contributed by atoms with van der Waals surface area (Å²) >= 11 is 0. The van der Waals surface area contributed by atoms with Crippen LogP contribution in [0.4, 0.5) is 0 Å². The molecule has 0 aromatic heterocycles. The first kappa shape index (κ1) is 103. The molecule has 17 nitrogen and oxygen atoms in total. The summed E-state index contributed by atoms with van der Waals surface area (Å²) in [5, 5.41) is 10.7. The monoisotopic (exact) mass is 1540 g/mol. The second-order valence-corrected chi connectivity index (χ2v) is 33.8. The van der Waals surface area contributed by atoms with Crippen LogP contribution in [0.15, 0.2) is 0 Å². The molecule has 19 heteroatoms. The van der Waals surface area contributed by atoms with Gasteiger partial charge in [-0.05, 0) is 25.7 Å². The van der Waals surface area contributed by atoms with E-state index in [1.807, 2.05) is 0 Å². The van der Waals surface area contributed by atoms with Crippen molar-refractivity contribution in [3.63, 3.8) is 0 Å². The molecule has 0 aromatic rings. The molecule has 0 saturated heterocycles. The summed E-state index contributed by atoms with van der Waals surface area (Å²) in [6.45, 7) is 5.03. The van der Waals surface area contributed by atoms with Gasteiger partial charge in [0.2, 0.25) is 0 Å². The number of hydrogen-bond acceptors (Lipinski definition) is 15. The molecule has 0 aromatic carbocycles. The van der Waals surface area contributed by atoms with Crippen LogP contribution in [-0.4, -0.2) is 96.7 Å². The minimum Gasteiger partial charge on any atom is -0.462 e. The van der Waals surface area contributed by atoms with Crippen LogP contribution in [0.3, 0.4) is 0 Å². The van der Waals surface area contributed by atoms with E-state index >= 15 is 0 Å². The first-order valence-corrected chi connectivity index (χ1v) is 47.8. The molecule has 0 fully saturated rings. The van der Waals surface area contributed by atoms with Crippen LogP contribution in [0.2, 0.25) is 0 Å². The molecule has 3 N–H and O–H groups in total. The van der Waals surface area contributed by atoms with Crippen molar-refractivity contribution in [1.82, 2.24) is 0 Å². The first-order chi connectivity index (χ1) is 51.2. The quantitative estimate of drug-likeness (QED) is 0.0222. The van der Waals surface area contributed by atoms with E-state index in [1.54, 1.807) is 0 Å². The molecular formula is C86H168O17P2. The van der Waals surface area contributed by atoms with Crippen LogP contribution in [0.5, 0.6) is 0 Å². The third-order valence-electron chi connectivity index (χ3n) is 20.4. The fourth-order valence-electron chi connectivity index (χ4n) is 13.5. The number of ether oxygens (including phenoxy) is 4. The molecule has 624 valence electrons. The Kier molecular flexibility index (Phi) is 78.6. The van der Waals surface area contributed by atoms with Crippen molar-refractivity contribution in [2.45, 2.75) is 489 Å². The molecule has 0 heterocycles. The predicted molar refractivity (Wildman–Crippen MR) is 432 cm³/mol. The smallest absolute Gasteiger partial charge is 0.462 e. The van der Waals surface area contributed by atoms with E-state index in [2.05, 4.69) is 27.7 Å². The lowest BCUT2D eigenvalue weighted by Crippen LogP contribution is -2.30. The van der Waals surface area contributed by atoms with Crippen molar-refractivity contribution in [1.29, 1.82) is 0 Å². The van der Waals surface area contributed by atoms with E-state index in [0.29, 0.717) is 25.7 Å². The second-order valence-electron chi connectivity index (χ2n) is 30.9. The number of unbranched alkanes of at least 4 members (excludes halogenated alkanes) is 61. The minimum atomic E-state index is -4.96. The minimum absolute atomic E-state index is 0.109. The fourth-order valence-corrected chi connectivity index (χ4v) is 15.1. The molecule has 105 heavy (non-hydrogen) atoms. The Hall–Kier alpha value is -1.94. The highest BCUT2D eigenvalue weighted by atomic mass is 31.2. The topological polar surface area (TPSA) is 237 Å². The summed E-state index contributed by atoms with van der Waals surface area (Å²) in [6, 6.07) is 0. The van der Waals surface area contributed by atoms with Gasteiger partial charge < -0.3 is 33.8 Å². The average molecular weight is 1540 g/mol. The summed E-state index contributed by atoms with van der Waals surface area (Å²) in [5.74, 6) is -2.10. The number of phosphoric acid groups is 2. The molecular weight excluding hydrogens is 1370 g/mol. The standard InChI is InChI=1S/C86H168O17P2/c1-5-9-13-17-21-25-28-31-34-37-39-40-41-43-45-48-51-54-57-61-65-69-73-86(91)103-82(77-97-84(89)71-67-63-59-55-52-49-47-44-42-38-35-32-29-26-22-18-14-10-6-2)79-101-105(94,95)99-75-80(87)74-98-104(92,93)100-78-81(76-96-83(88)70-66-62-58-24-20-16-12-8-4)102-85(90)72-68-64-60-56-53-50-46-36-33-30-27-23-19-15-11-7-3/h80-82,87H,5-79H2,1-4H3,(H,92,93)(H,94,95)/t80-,81+,82+/m0/s1. The van der Waals surface area contributed by atoms with Crippen LogP contribution in [0, 0.1) is 0 Å². The van der Waals surface area contributed by atoms with Crippen molar-refractivity contribution >= 4 is 39.5 Å². The summed E-state index contributed by atoms with van der Waals surface area (Å²) in [7, 11) is -9.92. The van der Waals surface area contributed by atoms with Crippen LogP contribution >= 0.6 is 15.6 Å².